The molecular weight excluding hydrogens is 314 g/mol. The SMILES string of the molecule is CCS[C@@H]1CC[C@H](N(C)C(=O)N[C@@H](c2nccs2)C2CC2)C1. The molecule has 1 heterocycles. The van der Waals surface area contributed by atoms with Crippen molar-refractivity contribution in [1.82, 2.24) is 15.2 Å². The first kappa shape index (κ1) is 16.1. The number of amides is 2. The lowest BCUT2D eigenvalue weighted by Gasteiger charge is -2.27. The van der Waals surface area contributed by atoms with Gasteiger partial charge in [-0.25, -0.2) is 9.78 Å². The van der Waals surface area contributed by atoms with Crippen molar-refractivity contribution in [3.8, 4) is 0 Å². The minimum atomic E-state index is 0.0687. The van der Waals surface area contributed by atoms with Crippen LogP contribution in [0.15, 0.2) is 11.6 Å². The molecule has 2 fully saturated rings. The summed E-state index contributed by atoms with van der Waals surface area (Å²) in [4.78, 5) is 19.0. The predicted octanol–water partition coefficient (Wildman–Crippen LogP) is 3.91. The zero-order valence-corrected chi connectivity index (χ0v) is 15.0. The standard InChI is InChI=1S/C16H25N3OS2/c1-3-21-13-7-6-12(10-13)19(2)16(20)18-14(11-4-5-11)15-17-8-9-22-15/h8-9,11-14H,3-7,10H2,1-2H3,(H,18,20)/t12-,13+,14+/m0/s1. The van der Waals surface area contributed by atoms with Gasteiger partial charge < -0.3 is 10.2 Å². The summed E-state index contributed by atoms with van der Waals surface area (Å²) < 4.78 is 0. The Morgan fingerprint density at radius 2 is 2.32 bits per heavy atom. The number of hydrogen-bond acceptors (Lipinski definition) is 4. The Balaban J connectivity index is 1.56. The molecule has 0 spiro atoms. The summed E-state index contributed by atoms with van der Waals surface area (Å²) in [6, 6.07) is 0.566. The molecule has 122 valence electrons. The molecule has 0 aromatic carbocycles. The van der Waals surface area contributed by atoms with Crippen LogP contribution in [-0.4, -0.2) is 40.0 Å². The molecule has 0 radical (unpaired) electrons. The number of nitrogens with one attached hydrogen (secondary N) is 1. The highest BCUT2D eigenvalue weighted by Gasteiger charge is 2.37. The summed E-state index contributed by atoms with van der Waals surface area (Å²) in [5.41, 5.74) is 0. The summed E-state index contributed by atoms with van der Waals surface area (Å²) in [5, 5.41) is 7.00. The second-order valence-corrected chi connectivity index (χ2v) is 8.79. The molecule has 1 aromatic heterocycles. The number of urea groups is 1. The molecule has 3 atom stereocenters. The van der Waals surface area contributed by atoms with Crippen molar-refractivity contribution in [3.05, 3.63) is 16.6 Å². The van der Waals surface area contributed by atoms with Crippen molar-refractivity contribution >= 4 is 29.1 Å². The Hall–Kier alpha value is -0.750. The van der Waals surface area contributed by atoms with Gasteiger partial charge in [0.25, 0.3) is 0 Å². The van der Waals surface area contributed by atoms with Gasteiger partial charge in [-0.3, -0.25) is 0 Å². The van der Waals surface area contributed by atoms with Crippen LogP contribution >= 0.6 is 23.1 Å². The van der Waals surface area contributed by atoms with Gasteiger partial charge in [0.1, 0.15) is 5.01 Å². The molecule has 3 rings (SSSR count). The fourth-order valence-corrected chi connectivity index (χ4v) is 5.17. The van der Waals surface area contributed by atoms with E-state index in [1.807, 2.05) is 35.3 Å². The molecule has 4 nitrogen and oxygen atoms in total. The van der Waals surface area contributed by atoms with Crippen LogP contribution in [0.5, 0.6) is 0 Å². The topological polar surface area (TPSA) is 45.2 Å². The Bertz CT molecular complexity index is 490. The van der Waals surface area contributed by atoms with Gasteiger partial charge in [-0.15, -0.1) is 11.3 Å². The summed E-state index contributed by atoms with van der Waals surface area (Å²) in [5.74, 6) is 1.75. The van der Waals surface area contributed by atoms with Crippen molar-refractivity contribution in [2.24, 2.45) is 5.92 Å². The minimum Gasteiger partial charge on any atom is -0.328 e. The summed E-state index contributed by atoms with van der Waals surface area (Å²) >= 11 is 3.68. The van der Waals surface area contributed by atoms with Gasteiger partial charge in [-0.1, -0.05) is 6.92 Å². The lowest BCUT2D eigenvalue weighted by molar-refractivity contribution is 0.185. The summed E-state index contributed by atoms with van der Waals surface area (Å²) in [6.45, 7) is 2.21. The average Bonchev–Trinajstić information content (AvgIpc) is 3.01. The minimum absolute atomic E-state index is 0.0687. The number of carbonyl (C=O) groups is 1. The van der Waals surface area contributed by atoms with E-state index in [9.17, 15) is 4.79 Å². The quantitative estimate of drug-likeness (QED) is 0.854. The van der Waals surface area contributed by atoms with Gasteiger partial charge in [0.15, 0.2) is 0 Å². The molecule has 2 amide bonds. The van der Waals surface area contributed by atoms with E-state index < -0.39 is 0 Å². The highest BCUT2D eigenvalue weighted by molar-refractivity contribution is 7.99. The van der Waals surface area contributed by atoms with E-state index in [1.165, 1.54) is 25.0 Å². The third-order valence-electron chi connectivity index (χ3n) is 4.72. The molecule has 2 aliphatic rings. The Morgan fingerprint density at radius 3 is 2.95 bits per heavy atom. The molecular formula is C16H25N3OS2. The maximum Gasteiger partial charge on any atom is 0.317 e. The maximum absolute atomic E-state index is 12.6. The predicted molar refractivity (Wildman–Crippen MR) is 93.4 cm³/mol. The summed E-state index contributed by atoms with van der Waals surface area (Å²) in [7, 11) is 1.95. The second kappa shape index (κ2) is 7.21. The van der Waals surface area contributed by atoms with E-state index in [2.05, 4.69) is 17.2 Å². The van der Waals surface area contributed by atoms with Gasteiger partial charge in [0.2, 0.25) is 0 Å². The van der Waals surface area contributed by atoms with Crippen molar-refractivity contribution in [2.45, 2.75) is 56.4 Å². The van der Waals surface area contributed by atoms with Crippen molar-refractivity contribution in [2.75, 3.05) is 12.8 Å². The van der Waals surface area contributed by atoms with E-state index >= 15 is 0 Å². The van der Waals surface area contributed by atoms with Gasteiger partial charge >= 0.3 is 6.03 Å². The van der Waals surface area contributed by atoms with Crippen LogP contribution in [-0.2, 0) is 0 Å². The second-order valence-electron chi connectivity index (χ2n) is 6.29. The van der Waals surface area contributed by atoms with Crippen molar-refractivity contribution < 1.29 is 4.79 Å². The highest BCUT2D eigenvalue weighted by atomic mass is 32.2. The van der Waals surface area contributed by atoms with Crippen LogP contribution in [0.4, 0.5) is 4.79 Å². The largest absolute Gasteiger partial charge is 0.328 e. The lowest BCUT2D eigenvalue weighted by Crippen LogP contribution is -2.44. The molecule has 6 heteroatoms. The molecule has 22 heavy (non-hydrogen) atoms. The average molecular weight is 340 g/mol. The fourth-order valence-electron chi connectivity index (χ4n) is 3.26. The number of thiazole rings is 1. The van der Waals surface area contributed by atoms with Crippen LogP contribution in [0, 0.1) is 5.92 Å². The number of aromatic nitrogens is 1. The third kappa shape index (κ3) is 3.77. The number of nitrogens with zero attached hydrogens (tertiary/aromatic N) is 2. The maximum atomic E-state index is 12.6. The van der Waals surface area contributed by atoms with E-state index in [-0.39, 0.29) is 12.1 Å². The van der Waals surface area contributed by atoms with Crippen LogP contribution in [0.3, 0.4) is 0 Å². The van der Waals surface area contributed by atoms with Gasteiger partial charge in [-0.05, 0) is 43.8 Å². The molecule has 0 saturated heterocycles. The monoisotopic (exact) mass is 339 g/mol. The Labute approximate surface area is 141 Å². The van der Waals surface area contributed by atoms with Gasteiger partial charge in [0.05, 0.1) is 6.04 Å². The van der Waals surface area contributed by atoms with Crippen LogP contribution in [0.2, 0.25) is 0 Å². The molecule has 2 aliphatic carbocycles. The molecule has 2 saturated carbocycles. The number of thioether (sulfide) groups is 1. The van der Waals surface area contributed by atoms with Crippen LogP contribution in [0.1, 0.15) is 50.1 Å². The van der Waals surface area contributed by atoms with Gasteiger partial charge in [0, 0.05) is 29.9 Å². The van der Waals surface area contributed by atoms with Crippen molar-refractivity contribution in [1.29, 1.82) is 0 Å². The smallest absolute Gasteiger partial charge is 0.317 e. The Kier molecular flexibility index (Phi) is 5.29. The molecule has 1 N–H and O–H groups in total. The Morgan fingerprint density at radius 1 is 1.50 bits per heavy atom. The third-order valence-corrected chi connectivity index (χ3v) is 6.81. The lowest BCUT2D eigenvalue weighted by atomic mass is 10.2. The fraction of sp³-hybridized carbons (Fsp3) is 0.750. The zero-order valence-electron chi connectivity index (χ0n) is 13.3. The van der Waals surface area contributed by atoms with Crippen LogP contribution in [0.25, 0.3) is 0 Å². The van der Waals surface area contributed by atoms with E-state index in [0.717, 1.165) is 23.1 Å². The van der Waals surface area contributed by atoms with Crippen LogP contribution < -0.4 is 5.32 Å². The molecule has 0 aliphatic heterocycles. The van der Waals surface area contributed by atoms with E-state index in [1.54, 1.807) is 11.3 Å². The molecule has 1 aromatic rings. The van der Waals surface area contributed by atoms with Crippen molar-refractivity contribution in [3.63, 3.8) is 0 Å². The molecule has 0 bridgehead atoms. The number of hydrogen-bond donors (Lipinski definition) is 1. The zero-order chi connectivity index (χ0) is 15.5. The number of carbonyl (C=O) groups excluding carboxylic acids is 1. The number of rotatable bonds is 6. The first-order valence-electron chi connectivity index (χ1n) is 8.23. The normalized spacial score (nSPS) is 25.9. The molecule has 0 unspecified atom stereocenters. The first-order chi connectivity index (χ1) is 10.7. The highest BCUT2D eigenvalue weighted by Crippen LogP contribution is 2.41. The summed E-state index contributed by atoms with van der Waals surface area (Å²) in [6.07, 6.45) is 7.73. The van der Waals surface area contributed by atoms with E-state index in [0.29, 0.717) is 12.0 Å². The first-order valence-corrected chi connectivity index (χ1v) is 10.2. The van der Waals surface area contributed by atoms with E-state index in [4.69, 9.17) is 0 Å². The van der Waals surface area contributed by atoms with Gasteiger partial charge in [-0.2, -0.15) is 11.8 Å².